The van der Waals surface area contributed by atoms with E-state index in [-0.39, 0.29) is 24.7 Å². The molecule has 2 heterocycles. The van der Waals surface area contributed by atoms with Gasteiger partial charge in [0.1, 0.15) is 6.54 Å². The van der Waals surface area contributed by atoms with Crippen LogP contribution in [0.4, 0.5) is 4.79 Å². The first-order valence-corrected chi connectivity index (χ1v) is 7.75. The number of fused-ring (bicyclic) bond motifs is 1. The van der Waals surface area contributed by atoms with Crippen LogP contribution in [0.1, 0.15) is 25.7 Å². The highest BCUT2D eigenvalue weighted by Crippen LogP contribution is 2.26. The molecular formula is C14H23N3O4. The van der Waals surface area contributed by atoms with Crippen LogP contribution in [-0.4, -0.2) is 77.9 Å². The molecule has 0 spiro atoms. The van der Waals surface area contributed by atoms with E-state index in [1.54, 1.807) is 0 Å². The summed E-state index contributed by atoms with van der Waals surface area (Å²) in [6, 6.07) is 0.357. The predicted molar refractivity (Wildman–Crippen MR) is 75.1 cm³/mol. The van der Waals surface area contributed by atoms with Crippen molar-refractivity contribution < 1.29 is 19.4 Å². The summed E-state index contributed by atoms with van der Waals surface area (Å²) in [7, 11) is 0. The second-order valence-electron chi connectivity index (χ2n) is 6.19. The number of morpholine rings is 1. The number of urea groups is 1. The molecule has 118 valence electrons. The standard InChI is InChI=1S/C14H23N3O4/c18-13(19)8-17(10-3-4-10)14(20)15-6-12-7-16-5-1-2-11(16)9-21-12/h10-12H,1-9H2,(H,15,20)(H,18,19). The van der Waals surface area contributed by atoms with Crippen LogP contribution in [0.3, 0.4) is 0 Å². The Kier molecular flexibility index (Phi) is 4.30. The molecule has 0 aromatic carbocycles. The van der Waals surface area contributed by atoms with Gasteiger partial charge in [0, 0.05) is 25.2 Å². The Hall–Kier alpha value is -1.34. The highest BCUT2D eigenvalue weighted by atomic mass is 16.5. The highest BCUT2D eigenvalue weighted by molar-refractivity contribution is 5.80. The van der Waals surface area contributed by atoms with Gasteiger partial charge in [-0.3, -0.25) is 9.69 Å². The second kappa shape index (κ2) is 6.19. The number of nitrogens with zero attached hydrogens (tertiary/aromatic N) is 2. The number of carbonyl (C=O) groups is 2. The van der Waals surface area contributed by atoms with Crippen LogP contribution < -0.4 is 5.32 Å². The fourth-order valence-corrected chi connectivity index (χ4v) is 3.21. The molecule has 0 radical (unpaired) electrons. The number of rotatable bonds is 5. The minimum Gasteiger partial charge on any atom is -0.480 e. The summed E-state index contributed by atoms with van der Waals surface area (Å²) in [5, 5.41) is 11.7. The smallest absolute Gasteiger partial charge is 0.323 e. The fraction of sp³-hybridized carbons (Fsp3) is 0.857. The zero-order valence-electron chi connectivity index (χ0n) is 12.2. The van der Waals surface area contributed by atoms with E-state index in [0.717, 1.165) is 32.5 Å². The van der Waals surface area contributed by atoms with E-state index >= 15 is 0 Å². The SMILES string of the molecule is O=C(O)CN(C(=O)NCC1CN2CCCC2CO1)C1CC1. The summed E-state index contributed by atoms with van der Waals surface area (Å²) >= 11 is 0. The third-order valence-corrected chi connectivity index (χ3v) is 4.50. The van der Waals surface area contributed by atoms with Crippen LogP contribution in [0.5, 0.6) is 0 Å². The molecule has 21 heavy (non-hydrogen) atoms. The van der Waals surface area contributed by atoms with Crippen molar-refractivity contribution in [2.45, 2.75) is 43.9 Å². The van der Waals surface area contributed by atoms with Gasteiger partial charge in [0.15, 0.2) is 0 Å². The summed E-state index contributed by atoms with van der Waals surface area (Å²) in [6.45, 7) is 2.93. The number of nitrogens with one attached hydrogen (secondary N) is 1. The number of carboxylic acids is 1. The first kappa shape index (κ1) is 14.6. The Balaban J connectivity index is 1.45. The molecule has 2 aliphatic heterocycles. The molecule has 0 aromatic rings. The first-order valence-electron chi connectivity index (χ1n) is 7.75. The predicted octanol–water partition coefficient (Wildman–Crippen LogP) is 0.108. The summed E-state index contributed by atoms with van der Waals surface area (Å²) in [5.74, 6) is -0.967. The minimum atomic E-state index is -0.967. The molecule has 3 aliphatic rings. The molecule has 7 heteroatoms. The summed E-state index contributed by atoms with van der Waals surface area (Å²) in [5.41, 5.74) is 0. The van der Waals surface area contributed by atoms with Crippen LogP contribution >= 0.6 is 0 Å². The lowest BCUT2D eigenvalue weighted by Gasteiger charge is -2.35. The van der Waals surface area contributed by atoms with E-state index in [1.807, 2.05) is 0 Å². The monoisotopic (exact) mass is 297 g/mol. The molecule has 2 saturated heterocycles. The van der Waals surface area contributed by atoms with E-state index in [0.29, 0.717) is 12.6 Å². The number of hydrogen-bond donors (Lipinski definition) is 2. The Morgan fingerprint density at radius 1 is 1.33 bits per heavy atom. The number of aliphatic carboxylic acids is 1. The molecule has 2 atom stereocenters. The molecule has 3 rings (SSSR count). The van der Waals surface area contributed by atoms with Crippen LogP contribution in [-0.2, 0) is 9.53 Å². The Bertz CT molecular complexity index is 413. The second-order valence-corrected chi connectivity index (χ2v) is 6.19. The van der Waals surface area contributed by atoms with Gasteiger partial charge in [-0.2, -0.15) is 0 Å². The number of carboxylic acid groups (broad SMARTS) is 1. The van der Waals surface area contributed by atoms with E-state index in [1.165, 1.54) is 17.7 Å². The van der Waals surface area contributed by atoms with E-state index in [4.69, 9.17) is 9.84 Å². The van der Waals surface area contributed by atoms with Crippen molar-refractivity contribution in [3.05, 3.63) is 0 Å². The Morgan fingerprint density at radius 2 is 2.14 bits per heavy atom. The van der Waals surface area contributed by atoms with E-state index < -0.39 is 5.97 Å². The lowest BCUT2D eigenvalue weighted by molar-refractivity contribution is -0.137. The Labute approximate surface area is 124 Å². The van der Waals surface area contributed by atoms with Crippen molar-refractivity contribution in [3.8, 4) is 0 Å². The number of ether oxygens (including phenoxy) is 1. The van der Waals surface area contributed by atoms with Gasteiger partial charge >= 0.3 is 12.0 Å². The normalized spacial score (nSPS) is 29.0. The van der Waals surface area contributed by atoms with Gasteiger partial charge in [0.25, 0.3) is 0 Å². The maximum atomic E-state index is 12.1. The maximum Gasteiger partial charge on any atom is 0.323 e. The number of amides is 2. The average molecular weight is 297 g/mol. The molecular weight excluding hydrogens is 274 g/mol. The van der Waals surface area contributed by atoms with E-state index in [2.05, 4.69) is 10.2 Å². The largest absolute Gasteiger partial charge is 0.480 e. The van der Waals surface area contributed by atoms with Gasteiger partial charge in [-0.15, -0.1) is 0 Å². The van der Waals surface area contributed by atoms with Crippen LogP contribution in [0.15, 0.2) is 0 Å². The summed E-state index contributed by atoms with van der Waals surface area (Å²) in [6.07, 6.45) is 4.23. The Morgan fingerprint density at radius 3 is 2.86 bits per heavy atom. The van der Waals surface area contributed by atoms with Crippen molar-refractivity contribution in [1.29, 1.82) is 0 Å². The number of hydrogen-bond acceptors (Lipinski definition) is 4. The molecule has 1 saturated carbocycles. The number of carbonyl (C=O) groups excluding carboxylic acids is 1. The van der Waals surface area contributed by atoms with Crippen LogP contribution in [0, 0.1) is 0 Å². The summed E-state index contributed by atoms with van der Waals surface area (Å²) < 4.78 is 5.79. The maximum absolute atomic E-state index is 12.1. The molecule has 0 aromatic heterocycles. The summed E-state index contributed by atoms with van der Waals surface area (Å²) in [4.78, 5) is 26.8. The zero-order chi connectivity index (χ0) is 14.8. The lowest BCUT2D eigenvalue weighted by Crippen LogP contribution is -2.52. The third-order valence-electron chi connectivity index (χ3n) is 4.50. The fourth-order valence-electron chi connectivity index (χ4n) is 3.21. The van der Waals surface area contributed by atoms with Crippen LogP contribution in [0.25, 0.3) is 0 Å². The van der Waals surface area contributed by atoms with E-state index in [9.17, 15) is 9.59 Å². The van der Waals surface area contributed by atoms with Crippen molar-refractivity contribution >= 4 is 12.0 Å². The lowest BCUT2D eigenvalue weighted by atomic mass is 10.2. The molecule has 2 unspecified atom stereocenters. The van der Waals surface area contributed by atoms with Crippen molar-refractivity contribution in [2.75, 3.05) is 32.8 Å². The average Bonchev–Trinajstić information content (AvgIpc) is 3.19. The van der Waals surface area contributed by atoms with Crippen molar-refractivity contribution in [2.24, 2.45) is 0 Å². The topological polar surface area (TPSA) is 82.1 Å². The first-order chi connectivity index (χ1) is 10.1. The molecule has 2 N–H and O–H groups in total. The van der Waals surface area contributed by atoms with Gasteiger partial charge in [-0.1, -0.05) is 0 Å². The van der Waals surface area contributed by atoms with Gasteiger partial charge in [-0.05, 0) is 32.2 Å². The highest BCUT2D eigenvalue weighted by Gasteiger charge is 2.35. The molecule has 3 fully saturated rings. The van der Waals surface area contributed by atoms with Crippen molar-refractivity contribution in [1.82, 2.24) is 15.1 Å². The molecule has 2 amide bonds. The quantitative estimate of drug-likeness (QED) is 0.752. The third kappa shape index (κ3) is 3.65. The molecule has 0 bridgehead atoms. The zero-order valence-corrected chi connectivity index (χ0v) is 12.2. The van der Waals surface area contributed by atoms with Gasteiger partial charge in [-0.25, -0.2) is 4.79 Å². The minimum absolute atomic E-state index is 0.00850. The molecule has 1 aliphatic carbocycles. The molecule has 7 nitrogen and oxygen atoms in total. The van der Waals surface area contributed by atoms with Crippen LogP contribution in [0.2, 0.25) is 0 Å². The van der Waals surface area contributed by atoms with Gasteiger partial charge < -0.3 is 20.1 Å². The van der Waals surface area contributed by atoms with Gasteiger partial charge in [0.2, 0.25) is 0 Å². The van der Waals surface area contributed by atoms with Crippen molar-refractivity contribution in [3.63, 3.8) is 0 Å². The van der Waals surface area contributed by atoms with Gasteiger partial charge in [0.05, 0.1) is 12.7 Å².